The number of carbonyl (C=O) groups excluding carboxylic acids is 1. The van der Waals surface area contributed by atoms with Crippen LogP contribution in [0.15, 0.2) is 36.4 Å². The summed E-state index contributed by atoms with van der Waals surface area (Å²) in [4.78, 5) is 22.1. The summed E-state index contributed by atoms with van der Waals surface area (Å²) in [7, 11) is 0. The molecule has 2 rings (SSSR count). The first-order valence-corrected chi connectivity index (χ1v) is 6.84. The minimum Gasteiger partial charge on any atom is -0.308 e. The number of rotatable bonds is 3. The van der Waals surface area contributed by atoms with Gasteiger partial charge < -0.3 is 10.6 Å². The van der Waals surface area contributed by atoms with Crippen molar-refractivity contribution in [1.29, 1.82) is 0 Å². The molecule has 0 atom stereocenters. The summed E-state index contributed by atoms with van der Waals surface area (Å²) in [5, 5.41) is 16.0. The summed E-state index contributed by atoms with van der Waals surface area (Å²) < 4.78 is 0. The van der Waals surface area contributed by atoms with Gasteiger partial charge in [0, 0.05) is 17.4 Å². The third kappa shape index (κ3) is 3.73. The van der Waals surface area contributed by atoms with Crippen LogP contribution < -0.4 is 10.6 Å². The van der Waals surface area contributed by atoms with Crippen molar-refractivity contribution < 1.29 is 9.72 Å². The maximum atomic E-state index is 11.9. The van der Waals surface area contributed by atoms with E-state index in [4.69, 9.17) is 11.6 Å². The third-order valence-electron chi connectivity index (χ3n) is 3.17. The molecule has 0 fully saturated rings. The summed E-state index contributed by atoms with van der Waals surface area (Å²) in [6.07, 6.45) is 0. The number of amides is 2. The van der Waals surface area contributed by atoms with Crippen molar-refractivity contribution in [2.75, 3.05) is 10.6 Å². The molecule has 0 unspecified atom stereocenters. The maximum absolute atomic E-state index is 11.9. The molecule has 0 aliphatic rings. The van der Waals surface area contributed by atoms with Gasteiger partial charge in [0.05, 0.1) is 4.92 Å². The fraction of sp³-hybridized carbons (Fsp3) is 0.133. The van der Waals surface area contributed by atoms with Crippen LogP contribution in [0.3, 0.4) is 0 Å². The molecule has 0 radical (unpaired) electrons. The van der Waals surface area contributed by atoms with E-state index in [1.807, 2.05) is 26.0 Å². The first kappa shape index (κ1) is 15.8. The average molecular weight is 320 g/mol. The average Bonchev–Trinajstić information content (AvgIpc) is 2.44. The van der Waals surface area contributed by atoms with E-state index in [-0.39, 0.29) is 16.4 Å². The fourth-order valence-electron chi connectivity index (χ4n) is 1.84. The number of urea groups is 1. The van der Waals surface area contributed by atoms with E-state index in [1.165, 1.54) is 18.2 Å². The molecule has 22 heavy (non-hydrogen) atoms. The van der Waals surface area contributed by atoms with Gasteiger partial charge >= 0.3 is 6.03 Å². The monoisotopic (exact) mass is 319 g/mol. The molecule has 0 bridgehead atoms. The Morgan fingerprint density at radius 3 is 2.23 bits per heavy atom. The Labute approximate surface area is 132 Å². The third-order valence-corrected chi connectivity index (χ3v) is 3.49. The zero-order valence-electron chi connectivity index (χ0n) is 12.0. The number of halogens is 1. The standard InChI is InChI=1S/C15H14ClN3O3/c1-9-3-4-11(7-10(9)2)17-15(20)18-12-5-6-13(16)14(8-12)19(21)22/h3-8H,1-2H3,(H2,17,18,20). The van der Waals surface area contributed by atoms with Gasteiger partial charge in [0.25, 0.3) is 5.69 Å². The van der Waals surface area contributed by atoms with E-state index >= 15 is 0 Å². The Bertz CT molecular complexity index is 747. The van der Waals surface area contributed by atoms with Gasteiger partial charge in [-0.25, -0.2) is 4.79 Å². The summed E-state index contributed by atoms with van der Waals surface area (Å²) in [5.74, 6) is 0. The number of carbonyl (C=O) groups is 1. The second-order valence-electron chi connectivity index (χ2n) is 4.80. The molecule has 0 aliphatic carbocycles. The van der Waals surface area contributed by atoms with Gasteiger partial charge in [0.1, 0.15) is 5.02 Å². The summed E-state index contributed by atoms with van der Waals surface area (Å²) in [6.45, 7) is 3.92. The van der Waals surface area contributed by atoms with Gasteiger partial charge in [0.15, 0.2) is 0 Å². The Morgan fingerprint density at radius 2 is 1.64 bits per heavy atom. The predicted octanol–water partition coefficient (Wildman–Crippen LogP) is 4.51. The molecule has 114 valence electrons. The highest BCUT2D eigenvalue weighted by atomic mass is 35.5. The molecule has 0 saturated carbocycles. The Balaban J connectivity index is 2.10. The van der Waals surface area contributed by atoms with Crippen LogP contribution in [0.2, 0.25) is 5.02 Å². The van der Waals surface area contributed by atoms with Crippen molar-refractivity contribution >= 4 is 34.7 Å². The normalized spacial score (nSPS) is 10.1. The van der Waals surface area contributed by atoms with Gasteiger partial charge in [-0.1, -0.05) is 17.7 Å². The van der Waals surface area contributed by atoms with Crippen LogP contribution in [0.25, 0.3) is 0 Å². The lowest BCUT2D eigenvalue weighted by Crippen LogP contribution is -2.19. The second kappa shape index (κ2) is 6.44. The van der Waals surface area contributed by atoms with Gasteiger partial charge in [-0.05, 0) is 49.2 Å². The second-order valence-corrected chi connectivity index (χ2v) is 5.21. The van der Waals surface area contributed by atoms with Crippen molar-refractivity contribution in [2.45, 2.75) is 13.8 Å². The summed E-state index contributed by atoms with van der Waals surface area (Å²) in [5.41, 5.74) is 2.85. The summed E-state index contributed by atoms with van der Waals surface area (Å²) in [6, 6.07) is 9.12. The maximum Gasteiger partial charge on any atom is 0.323 e. The van der Waals surface area contributed by atoms with E-state index in [0.29, 0.717) is 5.69 Å². The molecule has 7 heteroatoms. The molecule has 6 nitrogen and oxygen atoms in total. The van der Waals surface area contributed by atoms with Crippen molar-refractivity contribution in [3.05, 3.63) is 62.7 Å². The van der Waals surface area contributed by atoms with Crippen LogP contribution in [0.1, 0.15) is 11.1 Å². The first-order chi connectivity index (χ1) is 10.4. The van der Waals surface area contributed by atoms with Crippen LogP contribution in [-0.2, 0) is 0 Å². The highest BCUT2D eigenvalue weighted by molar-refractivity contribution is 6.32. The Morgan fingerprint density at radius 1 is 1.05 bits per heavy atom. The lowest BCUT2D eigenvalue weighted by atomic mass is 10.1. The van der Waals surface area contributed by atoms with E-state index in [1.54, 1.807) is 6.07 Å². The van der Waals surface area contributed by atoms with Gasteiger partial charge in [-0.2, -0.15) is 0 Å². The number of hydrogen-bond acceptors (Lipinski definition) is 3. The van der Waals surface area contributed by atoms with Crippen molar-refractivity contribution in [1.82, 2.24) is 0 Å². The lowest BCUT2D eigenvalue weighted by molar-refractivity contribution is -0.384. The number of nitro groups is 1. The molecule has 0 aromatic heterocycles. The number of benzene rings is 2. The smallest absolute Gasteiger partial charge is 0.308 e. The lowest BCUT2D eigenvalue weighted by Gasteiger charge is -2.09. The van der Waals surface area contributed by atoms with Crippen LogP contribution in [0, 0.1) is 24.0 Å². The molecule has 0 saturated heterocycles. The largest absolute Gasteiger partial charge is 0.323 e. The zero-order valence-corrected chi connectivity index (χ0v) is 12.8. The summed E-state index contributed by atoms with van der Waals surface area (Å²) >= 11 is 5.72. The molecular weight excluding hydrogens is 306 g/mol. The van der Waals surface area contributed by atoms with Gasteiger partial charge in [0.2, 0.25) is 0 Å². The quantitative estimate of drug-likeness (QED) is 0.644. The number of aryl methyl sites for hydroxylation is 2. The molecule has 2 aromatic rings. The van der Waals surface area contributed by atoms with E-state index in [9.17, 15) is 14.9 Å². The Hall–Kier alpha value is -2.60. The van der Waals surface area contributed by atoms with E-state index in [2.05, 4.69) is 10.6 Å². The molecule has 2 aromatic carbocycles. The minimum atomic E-state index is -0.602. The number of anilines is 2. The Kier molecular flexibility index (Phi) is 4.62. The first-order valence-electron chi connectivity index (χ1n) is 6.46. The molecule has 0 spiro atoms. The molecular formula is C15H14ClN3O3. The van der Waals surface area contributed by atoms with Gasteiger partial charge in [-0.15, -0.1) is 0 Å². The van der Waals surface area contributed by atoms with Crippen molar-refractivity contribution in [3.63, 3.8) is 0 Å². The fourth-order valence-corrected chi connectivity index (χ4v) is 2.03. The number of nitro benzene ring substituents is 1. The molecule has 0 heterocycles. The van der Waals surface area contributed by atoms with Crippen LogP contribution in [0.5, 0.6) is 0 Å². The molecule has 2 N–H and O–H groups in total. The SMILES string of the molecule is Cc1ccc(NC(=O)Nc2ccc(Cl)c([N+](=O)[O-])c2)cc1C. The van der Waals surface area contributed by atoms with Gasteiger partial charge in [-0.3, -0.25) is 10.1 Å². The zero-order chi connectivity index (χ0) is 16.3. The molecule has 2 amide bonds. The topological polar surface area (TPSA) is 84.3 Å². The molecule has 0 aliphatic heterocycles. The predicted molar refractivity (Wildman–Crippen MR) is 86.7 cm³/mol. The highest BCUT2D eigenvalue weighted by Crippen LogP contribution is 2.27. The number of nitrogens with one attached hydrogen (secondary N) is 2. The highest BCUT2D eigenvalue weighted by Gasteiger charge is 2.14. The number of hydrogen-bond donors (Lipinski definition) is 2. The number of nitrogens with zero attached hydrogens (tertiary/aromatic N) is 1. The van der Waals surface area contributed by atoms with Crippen molar-refractivity contribution in [2.24, 2.45) is 0 Å². The van der Waals surface area contributed by atoms with Crippen molar-refractivity contribution in [3.8, 4) is 0 Å². The van der Waals surface area contributed by atoms with Crippen LogP contribution in [0.4, 0.5) is 21.9 Å². The minimum absolute atomic E-state index is 0.0186. The van der Waals surface area contributed by atoms with E-state index < -0.39 is 11.0 Å². The van der Waals surface area contributed by atoms with E-state index in [0.717, 1.165) is 11.1 Å². The van der Waals surface area contributed by atoms with Crippen LogP contribution in [-0.4, -0.2) is 11.0 Å². The van der Waals surface area contributed by atoms with Crippen LogP contribution >= 0.6 is 11.6 Å².